The van der Waals surface area contributed by atoms with Gasteiger partial charge in [0.25, 0.3) is 0 Å². The topological polar surface area (TPSA) is 70.1 Å². The predicted octanol–water partition coefficient (Wildman–Crippen LogP) is 1.76. The Hall–Kier alpha value is -1.86. The van der Waals surface area contributed by atoms with E-state index in [4.69, 9.17) is 11.0 Å². The summed E-state index contributed by atoms with van der Waals surface area (Å²) in [6.07, 6.45) is 1.16. The highest BCUT2D eigenvalue weighted by Gasteiger charge is 2.25. The molecule has 4 heteroatoms. The molecule has 2 unspecified atom stereocenters. The second-order valence-corrected chi connectivity index (χ2v) is 4.69. The molecular formula is C14H17N3O. The molecule has 0 aliphatic carbocycles. The zero-order valence-corrected chi connectivity index (χ0v) is 10.7. The second kappa shape index (κ2) is 4.79. The van der Waals surface area contributed by atoms with Crippen molar-refractivity contribution in [3.63, 3.8) is 0 Å². The molecule has 0 aromatic heterocycles. The maximum Gasteiger partial charge on any atom is 0.231 e. The Balaban J connectivity index is 2.31. The number of rotatable bonds is 3. The third-order valence-electron chi connectivity index (χ3n) is 3.60. The van der Waals surface area contributed by atoms with Gasteiger partial charge < -0.3 is 10.6 Å². The number of nitriles is 1. The van der Waals surface area contributed by atoms with Crippen LogP contribution < -0.4 is 10.6 Å². The van der Waals surface area contributed by atoms with E-state index in [1.807, 2.05) is 25.1 Å². The average molecular weight is 243 g/mol. The third-order valence-corrected chi connectivity index (χ3v) is 3.60. The molecule has 2 rings (SSSR count). The van der Waals surface area contributed by atoms with Gasteiger partial charge in [0.2, 0.25) is 5.91 Å². The average Bonchev–Trinajstić information content (AvgIpc) is 2.66. The van der Waals surface area contributed by atoms with E-state index >= 15 is 0 Å². The van der Waals surface area contributed by atoms with Crippen LogP contribution in [0, 0.1) is 17.2 Å². The molecule has 1 aromatic rings. The summed E-state index contributed by atoms with van der Waals surface area (Å²) in [7, 11) is 1.78. The number of hydrogen-bond donors (Lipinski definition) is 1. The number of amides is 1. The Kier molecular flexibility index (Phi) is 3.35. The lowest BCUT2D eigenvalue weighted by molar-refractivity contribution is -0.117. The molecule has 1 aliphatic rings. The molecule has 0 spiro atoms. The second-order valence-electron chi connectivity index (χ2n) is 4.69. The van der Waals surface area contributed by atoms with Crippen LogP contribution in [0.1, 0.15) is 30.5 Å². The highest BCUT2D eigenvalue weighted by atomic mass is 16.2. The number of carbonyl (C=O) groups is 1. The van der Waals surface area contributed by atoms with Gasteiger partial charge in [0.15, 0.2) is 0 Å². The van der Waals surface area contributed by atoms with Crippen LogP contribution in [0.5, 0.6) is 0 Å². The van der Waals surface area contributed by atoms with Crippen LogP contribution in [0.3, 0.4) is 0 Å². The van der Waals surface area contributed by atoms with Crippen LogP contribution in [0.25, 0.3) is 0 Å². The summed E-state index contributed by atoms with van der Waals surface area (Å²) >= 11 is 0. The van der Waals surface area contributed by atoms with Crippen LogP contribution in [-0.4, -0.2) is 13.0 Å². The molecular weight excluding hydrogens is 226 g/mol. The number of likely N-dealkylation sites (N-methyl/N-ethyl adjacent to an activating group) is 1. The monoisotopic (exact) mass is 243 g/mol. The van der Waals surface area contributed by atoms with Crippen molar-refractivity contribution in [3.05, 3.63) is 29.3 Å². The number of carbonyl (C=O) groups excluding carboxylic acids is 1. The minimum Gasteiger partial charge on any atom is -0.323 e. The van der Waals surface area contributed by atoms with Gasteiger partial charge in [0, 0.05) is 18.8 Å². The molecule has 0 fully saturated rings. The van der Waals surface area contributed by atoms with Crippen LogP contribution in [0.15, 0.2) is 18.2 Å². The van der Waals surface area contributed by atoms with Crippen molar-refractivity contribution in [3.8, 4) is 6.07 Å². The lowest BCUT2D eigenvalue weighted by atomic mass is 9.91. The number of nitrogens with two attached hydrogens (primary N) is 1. The van der Waals surface area contributed by atoms with E-state index in [2.05, 4.69) is 6.07 Å². The number of hydrogen-bond acceptors (Lipinski definition) is 3. The largest absolute Gasteiger partial charge is 0.323 e. The van der Waals surface area contributed by atoms with E-state index < -0.39 is 0 Å². The van der Waals surface area contributed by atoms with E-state index in [0.717, 1.165) is 23.2 Å². The lowest BCUT2D eigenvalue weighted by Gasteiger charge is -2.18. The summed E-state index contributed by atoms with van der Waals surface area (Å²) in [6.45, 7) is 1.96. The summed E-state index contributed by atoms with van der Waals surface area (Å²) < 4.78 is 0. The van der Waals surface area contributed by atoms with Crippen molar-refractivity contribution < 1.29 is 4.79 Å². The Labute approximate surface area is 107 Å². The fourth-order valence-corrected chi connectivity index (χ4v) is 2.36. The molecule has 4 nitrogen and oxygen atoms in total. The van der Waals surface area contributed by atoms with E-state index in [0.29, 0.717) is 6.42 Å². The first kappa shape index (κ1) is 12.6. The molecule has 1 aliphatic heterocycles. The van der Waals surface area contributed by atoms with E-state index in [9.17, 15) is 4.79 Å². The first-order valence-corrected chi connectivity index (χ1v) is 6.13. The summed E-state index contributed by atoms with van der Waals surface area (Å²) in [5.41, 5.74) is 8.99. The van der Waals surface area contributed by atoms with Gasteiger partial charge in [0.1, 0.15) is 0 Å². The normalized spacial score (nSPS) is 17.2. The Morgan fingerprint density at radius 3 is 2.89 bits per heavy atom. The molecule has 0 radical (unpaired) electrons. The van der Waals surface area contributed by atoms with Crippen molar-refractivity contribution in [1.29, 1.82) is 5.26 Å². The van der Waals surface area contributed by atoms with Crippen molar-refractivity contribution >= 4 is 11.6 Å². The van der Waals surface area contributed by atoms with Crippen LogP contribution in [0.4, 0.5) is 5.69 Å². The maximum absolute atomic E-state index is 11.6. The summed E-state index contributed by atoms with van der Waals surface area (Å²) in [6, 6.07) is 7.74. The van der Waals surface area contributed by atoms with Crippen molar-refractivity contribution in [1.82, 2.24) is 0 Å². The van der Waals surface area contributed by atoms with Gasteiger partial charge >= 0.3 is 0 Å². The number of nitrogens with zero attached hydrogens (tertiary/aromatic N) is 2. The van der Waals surface area contributed by atoms with Crippen LogP contribution in [0.2, 0.25) is 0 Å². The predicted molar refractivity (Wildman–Crippen MR) is 69.9 cm³/mol. The molecule has 2 N–H and O–H groups in total. The van der Waals surface area contributed by atoms with Gasteiger partial charge in [0.05, 0.1) is 18.4 Å². The van der Waals surface area contributed by atoms with E-state index in [1.54, 1.807) is 11.9 Å². The molecule has 0 saturated carbocycles. The first-order chi connectivity index (χ1) is 8.58. The number of benzene rings is 1. The number of fused-ring (bicyclic) bond motifs is 1. The fourth-order valence-electron chi connectivity index (χ4n) is 2.36. The quantitative estimate of drug-likeness (QED) is 0.879. The molecule has 18 heavy (non-hydrogen) atoms. The van der Waals surface area contributed by atoms with Gasteiger partial charge in [-0.05, 0) is 23.6 Å². The summed E-state index contributed by atoms with van der Waals surface area (Å²) in [4.78, 5) is 13.3. The Morgan fingerprint density at radius 1 is 1.56 bits per heavy atom. The minimum atomic E-state index is -0.286. The maximum atomic E-state index is 11.6. The first-order valence-electron chi connectivity index (χ1n) is 6.13. The smallest absolute Gasteiger partial charge is 0.231 e. The minimum absolute atomic E-state index is 0.100. The molecule has 0 bridgehead atoms. The molecule has 1 amide bonds. The zero-order valence-electron chi connectivity index (χ0n) is 10.7. The molecule has 0 saturated heterocycles. The van der Waals surface area contributed by atoms with Crippen LogP contribution in [-0.2, 0) is 11.2 Å². The Bertz CT molecular complexity index is 518. The van der Waals surface area contributed by atoms with E-state index in [1.165, 1.54) is 0 Å². The molecule has 1 aromatic carbocycles. The summed E-state index contributed by atoms with van der Waals surface area (Å²) in [5.74, 6) is -0.0825. The van der Waals surface area contributed by atoms with Crippen molar-refractivity contribution in [2.24, 2.45) is 11.7 Å². The highest BCUT2D eigenvalue weighted by molar-refractivity contribution is 6.00. The molecule has 2 atom stereocenters. The SMILES string of the molecule is CCC(C#N)C(N)c1ccc2c(c1)CC(=O)N2C. The summed E-state index contributed by atoms with van der Waals surface area (Å²) in [5, 5.41) is 9.04. The van der Waals surface area contributed by atoms with Crippen molar-refractivity contribution in [2.75, 3.05) is 11.9 Å². The van der Waals surface area contributed by atoms with Gasteiger partial charge in [-0.25, -0.2) is 0 Å². The Morgan fingerprint density at radius 2 is 2.28 bits per heavy atom. The standard InChI is InChI=1S/C14H17N3O/c1-3-9(8-15)14(16)10-4-5-12-11(6-10)7-13(18)17(12)2/h4-6,9,14H,3,7,16H2,1-2H3. The van der Waals surface area contributed by atoms with Gasteiger partial charge in [-0.15, -0.1) is 0 Å². The third kappa shape index (κ3) is 1.98. The molecule has 1 heterocycles. The van der Waals surface area contributed by atoms with Gasteiger partial charge in [-0.1, -0.05) is 19.1 Å². The van der Waals surface area contributed by atoms with Crippen LogP contribution >= 0.6 is 0 Å². The van der Waals surface area contributed by atoms with Gasteiger partial charge in [-0.2, -0.15) is 5.26 Å². The highest BCUT2D eigenvalue weighted by Crippen LogP contribution is 2.31. The number of anilines is 1. The lowest BCUT2D eigenvalue weighted by Crippen LogP contribution is -2.20. The van der Waals surface area contributed by atoms with E-state index in [-0.39, 0.29) is 17.9 Å². The van der Waals surface area contributed by atoms with Gasteiger partial charge in [-0.3, -0.25) is 4.79 Å². The fraction of sp³-hybridized carbons (Fsp3) is 0.429. The molecule has 94 valence electrons. The van der Waals surface area contributed by atoms with Crippen molar-refractivity contribution in [2.45, 2.75) is 25.8 Å². The zero-order chi connectivity index (χ0) is 13.3.